The summed E-state index contributed by atoms with van der Waals surface area (Å²) >= 11 is 0. The summed E-state index contributed by atoms with van der Waals surface area (Å²) in [6.45, 7) is 8.62. The van der Waals surface area contributed by atoms with Gasteiger partial charge in [-0.3, -0.25) is 18.6 Å². The van der Waals surface area contributed by atoms with Gasteiger partial charge in [-0.1, -0.05) is 115 Å². The van der Waals surface area contributed by atoms with E-state index >= 15 is 0 Å². The lowest BCUT2D eigenvalue weighted by molar-refractivity contribution is -0.870. The third-order valence-electron chi connectivity index (χ3n) is 11.3. The highest BCUT2D eigenvalue weighted by atomic mass is 31.2. The van der Waals surface area contributed by atoms with Crippen molar-refractivity contribution in [3.05, 3.63) is 59.1 Å². The predicted octanol–water partition coefficient (Wildman–Crippen LogP) is 12.3. The van der Waals surface area contributed by atoms with Crippen LogP contribution < -0.4 is 0 Å². The van der Waals surface area contributed by atoms with E-state index in [9.17, 15) is 19.0 Å². The molecule has 1 saturated heterocycles. The largest absolute Gasteiger partial charge is 0.472 e. The van der Waals surface area contributed by atoms with Crippen LogP contribution >= 0.6 is 7.82 Å². The molecule has 12 heteroatoms. The first-order valence-corrected chi connectivity index (χ1v) is 25.7. The number of esters is 2. The Kier molecular flexibility index (Phi) is 29.6. The highest BCUT2D eigenvalue weighted by Crippen LogP contribution is 2.43. The van der Waals surface area contributed by atoms with Crippen LogP contribution in [-0.4, -0.2) is 87.1 Å². The molecule has 0 spiro atoms. The molecular formula is C50H87NO10P+. The molecule has 11 nitrogen and oxygen atoms in total. The van der Waals surface area contributed by atoms with Gasteiger partial charge in [-0.15, -0.1) is 0 Å². The molecule has 0 saturated carbocycles. The number of unbranched alkanes of at least 4 members (excludes halogenated alkanes) is 13. The van der Waals surface area contributed by atoms with Gasteiger partial charge in [0.2, 0.25) is 0 Å². The number of quaternary nitrogens is 1. The first-order valence-electron chi connectivity index (χ1n) is 24.2. The van der Waals surface area contributed by atoms with Crippen LogP contribution in [0.25, 0.3) is 0 Å². The summed E-state index contributed by atoms with van der Waals surface area (Å²) in [7, 11) is 1.41. The van der Waals surface area contributed by atoms with Crippen LogP contribution in [0.2, 0.25) is 0 Å². The molecule has 1 aliphatic heterocycles. The van der Waals surface area contributed by atoms with Gasteiger partial charge in [-0.2, -0.15) is 0 Å². The van der Waals surface area contributed by atoms with Gasteiger partial charge in [0.25, 0.3) is 0 Å². The van der Waals surface area contributed by atoms with Gasteiger partial charge in [0.1, 0.15) is 31.3 Å². The first kappa shape index (κ1) is 55.6. The van der Waals surface area contributed by atoms with Gasteiger partial charge in [0.15, 0.2) is 6.10 Å². The molecule has 1 fully saturated rings. The molecule has 1 aromatic heterocycles. The van der Waals surface area contributed by atoms with Crippen LogP contribution in [0, 0.1) is 13.8 Å². The number of epoxide rings is 1. The molecule has 62 heavy (non-hydrogen) atoms. The Hall–Kier alpha value is -2.53. The molecular weight excluding hydrogens is 806 g/mol. The minimum atomic E-state index is -4.41. The van der Waals surface area contributed by atoms with Crippen LogP contribution in [0.5, 0.6) is 0 Å². The SMILES string of the molecule is CCCCC/C=C\C/C=C\CC1OC1C/C=C\CCCC(=O)OC[C@H](COP(=O)(O)OCC[N+](C)(C)C)OC(=O)CCCCCCCCCCc1oc(CCCCC)c(C)c1C. The molecule has 0 aliphatic carbocycles. The fourth-order valence-corrected chi connectivity index (χ4v) is 7.79. The van der Waals surface area contributed by atoms with Crippen molar-refractivity contribution in [2.24, 2.45) is 0 Å². The number of phosphoric acid groups is 1. The molecule has 0 radical (unpaired) electrons. The molecule has 0 amide bonds. The van der Waals surface area contributed by atoms with E-state index in [1.165, 1.54) is 68.3 Å². The quantitative estimate of drug-likeness (QED) is 0.0170. The Labute approximate surface area is 376 Å². The van der Waals surface area contributed by atoms with Gasteiger partial charge in [0, 0.05) is 25.7 Å². The number of ether oxygens (including phenoxy) is 3. The molecule has 3 unspecified atom stereocenters. The van der Waals surface area contributed by atoms with Gasteiger partial charge in [-0.25, -0.2) is 4.57 Å². The minimum Gasteiger partial charge on any atom is -0.466 e. The van der Waals surface area contributed by atoms with Crippen LogP contribution in [0.15, 0.2) is 40.9 Å². The van der Waals surface area contributed by atoms with E-state index < -0.39 is 32.5 Å². The molecule has 2 rings (SSSR count). The molecule has 1 N–H and O–H groups in total. The maximum absolute atomic E-state index is 12.8. The summed E-state index contributed by atoms with van der Waals surface area (Å²) in [6, 6.07) is 0. The Morgan fingerprint density at radius 2 is 1.21 bits per heavy atom. The third kappa shape index (κ3) is 28.3. The summed E-state index contributed by atoms with van der Waals surface area (Å²) in [5, 5.41) is 0. The zero-order chi connectivity index (χ0) is 45.5. The van der Waals surface area contributed by atoms with Gasteiger partial charge in [0.05, 0.1) is 40.0 Å². The van der Waals surface area contributed by atoms with Crippen molar-refractivity contribution in [3.8, 4) is 0 Å². The van der Waals surface area contributed by atoms with E-state index in [1.807, 2.05) is 21.1 Å². The lowest BCUT2D eigenvalue weighted by Gasteiger charge is -2.24. The number of nitrogens with zero attached hydrogens (tertiary/aromatic N) is 1. The second kappa shape index (κ2) is 33.0. The van der Waals surface area contributed by atoms with E-state index in [2.05, 4.69) is 64.2 Å². The lowest BCUT2D eigenvalue weighted by atomic mass is 10.0. The maximum atomic E-state index is 12.8. The number of furan rings is 1. The number of likely N-dealkylation sites (N-methyl/N-ethyl adjacent to an activating group) is 1. The van der Waals surface area contributed by atoms with Crippen molar-refractivity contribution in [1.82, 2.24) is 0 Å². The maximum Gasteiger partial charge on any atom is 0.472 e. The summed E-state index contributed by atoms with van der Waals surface area (Å²) in [4.78, 5) is 35.6. The summed E-state index contributed by atoms with van der Waals surface area (Å²) < 4.78 is 46.4. The summed E-state index contributed by atoms with van der Waals surface area (Å²) in [5.74, 6) is 1.44. The highest BCUT2D eigenvalue weighted by Gasteiger charge is 2.36. The van der Waals surface area contributed by atoms with E-state index in [0.29, 0.717) is 23.9 Å². The van der Waals surface area contributed by atoms with E-state index in [0.717, 1.165) is 82.8 Å². The fraction of sp³-hybridized carbons (Fsp3) is 0.760. The number of aryl methyl sites for hydroxylation is 2. The number of hydrogen-bond donors (Lipinski definition) is 1. The summed E-state index contributed by atoms with van der Waals surface area (Å²) in [5.41, 5.74) is 2.65. The predicted molar refractivity (Wildman–Crippen MR) is 250 cm³/mol. The monoisotopic (exact) mass is 893 g/mol. The average Bonchev–Trinajstić information content (AvgIpc) is 3.92. The number of phosphoric ester groups is 1. The number of carbonyl (C=O) groups is 2. The van der Waals surface area contributed by atoms with E-state index in [-0.39, 0.29) is 38.3 Å². The Morgan fingerprint density at radius 1 is 0.677 bits per heavy atom. The summed E-state index contributed by atoms with van der Waals surface area (Å²) in [6.07, 6.45) is 36.1. The Morgan fingerprint density at radius 3 is 1.85 bits per heavy atom. The van der Waals surface area contributed by atoms with Gasteiger partial charge >= 0.3 is 19.8 Å². The minimum absolute atomic E-state index is 0.0124. The molecule has 0 aromatic carbocycles. The van der Waals surface area contributed by atoms with Gasteiger partial charge < -0.3 is 28.0 Å². The zero-order valence-corrected chi connectivity index (χ0v) is 40.9. The third-order valence-corrected chi connectivity index (χ3v) is 12.3. The second-order valence-electron chi connectivity index (χ2n) is 18.1. The highest BCUT2D eigenvalue weighted by molar-refractivity contribution is 7.47. The van der Waals surface area contributed by atoms with Gasteiger partial charge in [-0.05, 0) is 89.2 Å². The Bertz CT molecular complexity index is 1490. The van der Waals surface area contributed by atoms with Crippen molar-refractivity contribution < 1.29 is 51.2 Å². The van der Waals surface area contributed by atoms with Crippen molar-refractivity contribution in [3.63, 3.8) is 0 Å². The number of allylic oxidation sites excluding steroid dienone is 4. The molecule has 0 bridgehead atoms. The second-order valence-corrected chi connectivity index (χ2v) is 19.6. The molecule has 2 heterocycles. The van der Waals surface area contributed by atoms with E-state index in [4.69, 9.17) is 27.7 Å². The topological polar surface area (TPSA) is 134 Å². The van der Waals surface area contributed by atoms with Crippen molar-refractivity contribution >= 4 is 19.8 Å². The van der Waals surface area contributed by atoms with Crippen molar-refractivity contribution in [2.45, 2.75) is 200 Å². The van der Waals surface area contributed by atoms with Crippen molar-refractivity contribution in [2.75, 3.05) is 47.5 Å². The van der Waals surface area contributed by atoms with Crippen LogP contribution in [0.3, 0.4) is 0 Å². The number of hydrogen-bond acceptors (Lipinski definition) is 9. The molecule has 1 aliphatic rings. The van der Waals surface area contributed by atoms with E-state index in [1.54, 1.807) is 0 Å². The zero-order valence-electron chi connectivity index (χ0n) is 40.0. The normalized spacial score (nSPS) is 17.0. The van der Waals surface area contributed by atoms with Crippen LogP contribution in [-0.2, 0) is 50.3 Å². The van der Waals surface area contributed by atoms with Crippen molar-refractivity contribution in [1.29, 1.82) is 0 Å². The number of rotatable bonds is 39. The standard InChI is InChI=1S/C50H86NO10P/c1-8-10-12-13-14-15-19-22-28-34-47-48(61-47)35-29-24-25-30-36-49(52)56-40-44(41-58-62(54,55)57-39-38-51(5,6)7)59-50(53)37-31-23-20-17-16-18-21-27-33-46-43(4)42(3)45(60-46)32-26-11-9-2/h14-15,22,24,28-29,44,47-48H,8-13,16-21,23,25-27,30-41H2,1-7H3/p+1/b15-14-,28-22-,29-24-/t44-,47?,48?/m1/s1. The average molecular weight is 893 g/mol. The molecule has 1 aromatic rings. The molecule has 356 valence electrons. The Balaban J connectivity index is 1.64. The fourth-order valence-electron chi connectivity index (χ4n) is 7.05. The smallest absolute Gasteiger partial charge is 0.466 e. The first-order chi connectivity index (χ1) is 29.7. The van der Waals surface area contributed by atoms with Crippen LogP contribution in [0.1, 0.15) is 178 Å². The lowest BCUT2D eigenvalue weighted by Crippen LogP contribution is -2.37. The molecule has 4 atom stereocenters. The van der Waals surface area contributed by atoms with Crippen LogP contribution in [0.4, 0.5) is 0 Å². The number of carbonyl (C=O) groups excluding carboxylic acids is 2.